The van der Waals surface area contributed by atoms with Crippen LogP contribution in [0, 0.1) is 19.3 Å². The van der Waals surface area contributed by atoms with Crippen LogP contribution in [0.15, 0.2) is 16.7 Å². The molecule has 0 bridgehead atoms. The first-order valence-electron chi connectivity index (χ1n) is 10.6. The Morgan fingerprint density at radius 1 is 1.29 bits per heavy atom. The van der Waals surface area contributed by atoms with Crippen LogP contribution in [-0.2, 0) is 24.2 Å². The Morgan fingerprint density at radius 2 is 2.00 bits per heavy atom. The van der Waals surface area contributed by atoms with Crippen molar-refractivity contribution in [2.24, 2.45) is 5.41 Å². The third-order valence-corrected chi connectivity index (χ3v) is 5.85. The number of carbonyl (C=O) groups is 1. The fourth-order valence-corrected chi connectivity index (χ4v) is 4.31. The number of rotatable bonds is 6. The number of aryl methyl sites for hydroxylation is 3. The first kappa shape index (κ1) is 21.1. The van der Waals surface area contributed by atoms with E-state index < -0.39 is 5.97 Å². The lowest BCUT2D eigenvalue weighted by molar-refractivity contribution is -0.139. The van der Waals surface area contributed by atoms with Gasteiger partial charge in [0, 0.05) is 23.4 Å². The Hall–Kier alpha value is -3.16. The lowest BCUT2D eigenvalue weighted by Crippen LogP contribution is -2.24. The largest absolute Gasteiger partial charge is 0.481 e. The highest BCUT2D eigenvalue weighted by molar-refractivity contribution is 5.69. The molecule has 0 radical (unpaired) electrons. The minimum Gasteiger partial charge on any atom is -0.481 e. The van der Waals surface area contributed by atoms with Crippen LogP contribution in [0.1, 0.15) is 49.6 Å². The van der Waals surface area contributed by atoms with Gasteiger partial charge in [-0.1, -0.05) is 19.0 Å². The van der Waals surface area contributed by atoms with Crippen molar-refractivity contribution in [3.63, 3.8) is 0 Å². The van der Waals surface area contributed by atoms with Gasteiger partial charge in [-0.2, -0.15) is 10.1 Å². The van der Waals surface area contributed by atoms with E-state index in [-0.39, 0.29) is 12.0 Å². The number of hydrogen-bond acceptors (Lipinski definition) is 6. The zero-order chi connectivity index (χ0) is 22.3. The summed E-state index contributed by atoms with van der Waals surface area (Å²) in [4.78, 5) is 15.5. The molecular formula is C23H28N4O4. The van der Waals surface area contributed by atoms with E-state index in [1.165, 1.54) is 11.3 Å². The van der Waals surface area contributed by atoms with Gasteiger partial charge in [0.2, 0.25) is 5.82 Å². The highest BCUT2D eigenvalue weighted by atomic mass is 16.5. The standard InChI is InChI=1S/C23H28N4O4/c1-6-27-17-11-23(4,5)8-7-16(17)19(25-27)21-24-22(31-26-21)15-9-13(2)20(14(3)10-15)30-12-18(28)29/h9-10H,6-8,11-12H2,1-5H3,(H,28,29). The van der Waals surface area contributed by atoms with Crippen LogP contribution in [0.25, 0.3) is 23.0 Å². The number of fused-ring (bicyclic) bond motifs is 1. The molecule has 31 heavy (non-hydrogen) atoms. The number of aliphatic carboxylic acids is 1. The summed E-state index contributed by atoms with van der Waals surface area (Å²) < 4.78 is 13.1. The molecule has 1 aromatic carbocycles. The van der Waals surface area contributed by atoms with E-state index in [1.54, 1.807) is 0 Å². The normalized spacial score (nSPS) is 15.0. The zero-order valence-corrected chi connectivity index (χ0v) is 18.7. The molecule has 2 heterocycles. The van der Waals surface area contributed by atoms with Crippen LogP contribution in [0.3, 0.4) is 0 Å². The van der Waals surface area contributed by atoms with Gasteiger partial charge in [0.05, 0.1) is 0 Å². The number of carboxylic acid groups (broad SMARTS) is 1. The van der Waals surface area contributed by atoms with Gasteiger partial charge in [-0.3, -0.25) is 4.68 Å². The van der Waals surface area contributed by atoms with Crippen LogP contribution in [0.4, 0.5) is 0 Å². The van der Waals surface area contributed by atoms with E-state index in [9.17, 15) is 4.79 Å². The van der Waals surface area contributed by atoms with Gasteiger partial charge in [0.1, 0.15) is 11.4 Å². The summed E-state index contributed by atoms with van der Waals surface area (Å²) in [5.74, 6) is 0.452. The third-order valence-electron chi connectivity index (χ3n) is 5.85. The molecule has 0 unspecified atom stereocenters. The average molecular weight is 425 g/mol. The van der Waals surface area contributed by atoms with Gasteiger partial charge in [0.15, 0.2) is 6.61 Å². The van der Waals surface area contributed by atoms with Crippen molar-refractivity contribution >= 4 is 5.97 Å². The van der Waals surface area contributed by atoms with Gasteiger partial charge in [0.25, 0.3) is 5.89 Å². The second kappa shape index (κ2) is 7.83. The number of carboxylic acids is 1. The molecule has 1 aliphatic carbocycles. The number of ether oxygens (including phenoxy) is 1. The maximum atomic E-state index is 10.8. The predicted octanol–water partition coefficient (Wildman–Crippen LogP) is 4.22. The molecule has 0 atom stereocenters. The SMILES string of the molecule is CCn1nc(-c2noc(-c3cc(C)c(OCC(=O)O)c(C)c3)n2)c2c1CC(C)(C)CC2. The van der Waals surface area contributed by atoms with Gasteiger partial charge in [-0.05, 0) is 68.7 Å². The lowest BCUT2D eigenvalue weighted by atomic mass is 9.76. The summed E-state index contributed by atoms with van der Waals surface area (Å²) in [6.45, 7) is 10.8. The van der Waals surface area contributed by atoms with E-state index in [0.717, 1.165) is 48.2 Å². The molecule has 0 saturated carbocycles. The lowest BCUT2D eigenvalue weighted by Gasteiger charge is -2.30. The summed E-state index contributed by atoms with van der Waals surface area (Å²) in [5, 5.41) is 17.9. The molecule has 0 aliphatic heterocycles. The Labute approximate surface area is 181 Å². The molecule has 0 spiro atoms. The number of nitrogens with zero attached hydrogens (tertiary/aromatic N) is 4. The zero-order valence-electron chi connectivity index (χ0n) is 18.7. The van der Waals surface area contributed by atoms with E-state index >= 15 is 0 Å². The fraction of sp³-hybridized carbons (Fsp3) is 0.478. The highest BCUT2D eigenvalue weighted by Gasteiger charge is 2.32. The van der Waals surface area contributed by atoms with Crippen LogP contribution >= 0.6 is 0 Å². The number of aromatic nitrogens is 4. The Bertz CT molecular complexity index is 1120. The molecule has 0 amide bonds. The maximum Gasteiger partial charge on any atom is 0.341 e. The van der Waals surface area contributed by atoms with Crippen molar-refractivity contribution in [3.8, 4) is 28.7 Å². The third kappa shape index (κ3) is 4.06. The van der Waals surface area contributed by atoms with Crippen molar-refractivity contribution < 1.29 is 19.2 Å². The molecule has 4 rings (SSSR count). The minimum absolute atomic E-state index is 0.263. The summed E-state index contributed by atoms with van der Waals surface area (Å²) in [7, 11) is 0. The van der Waals surface area contributed by atoms with Crippen LogP contribution in [0.2, 0.25) is 0 Å². The van der Waals surface area contributed by atoms with Gasteiger partial charge >= 0.3 is 5.97 Å². The Morgan fingerprint density at radius 3 is 2.65 bits per heavy atom. The van der Waals surface area contributed by atoms with E-state index in [1.807, 2.05) is 26.0 Å². The van der Waals surface area contributed by atoms with Crippen molar-refractivity contribution in [1.82, 2.24) is 19.9 Å². The van der Waals surface area contributed by atoms with Crippen molar-refractivity contribution in [2.75, 3.05) is 6.61 Å². The molecule has 3 aromatic rings. The van der Waals surface area contributed by atoms with E-state index in [4.69, 9.17) is 19.5 Å². The Kier molecular flexibility index (Phi) is 5.33. The summed E-state index contributed by atoms with van der Waals surface area (Å²) in [6.07, 6.45) is 3.04. The minimum atomic E-state index is -1.01. The molecule has 8 nitrogen and oxygen atoms in total. The first-order chi connectivity index (χ1) is 14.7. The molecule has 1 aliphatic rings. The van der Waals surface area contributed by atoms with Crippen LogP contribution in [-0.4, -0.2) is 37.6 Å². The van der Waals surface area contributed by atoms with Crippen molar-refractivity contribution in [3.05, 3.63) is 34.5 Å². The second-order valence-corrected chi connectivity index (χ2v) is 8.98. The van der Waals surface area contributed by atoms with Crippen LogP contribution in [0.5, 0.6) is 5.75 Å². The molecule has 0 fully saturated rings. The Balaban J connectivity index is 1.67. The van der Waals surface area contributed by atoms with Crippen molar-refractivity contribution in [2.45, 2.75) is 60.4 Å². The van der Waals surface area contributed by atoms with Crippen LogP contribution < -0.4 is 4.74 Å². The van der Waals surface area contributed by atoms with E-state index in [2.05, 4.69) is 35.6 Å². The molecule has 1 N–H and O–H groups in total. The molecule has 0 saturated heterocycles. The van der Waals surface area contributed by atoms with Gasteiger partial charge in [-0.15, -0.1) is 0 Å². The topological polar surface area (TPSA) is 103 Å². The maximum absolute atomic E-state index is 10.8. The number of benzene rings is 1. The highest BCUT2D eigenvalue weighted by Crippen LogP contribution is 2.39. The predicted molar refractivity (Wildman–Crippen MR) is 115 cm³/mol. The van der Waals surface area contributed by atoms with Gasteiger partial charge < -0.3 is 14.4 Å². The quantitative estimate of drug-likeness (QED) is 0.632. The average Bonchev–Trinajstić information content (AvgIpc) is 3.30. The molecule has 2 aromatic heterocycles. The summed E-state index contributed by atoms with van der Waals surface area (Å²) in [5.41, 5.74) is 5.94. The number of hydrogen-bond donors (Lipinski definition) is 1. The van der Waals surface area contributed by atoms with Crippen molar-refractivity contribution in [1.29, 1.82) is 0 Å². The molecular weight excluding hydrogens is 396 g/mol. The first-order valence-corrected chi connectivity index (χ1v) is 10.6. The second-order valence-electron chi connectivity index (χ2n) is 8.98. The van der Waals surface area contributed by atoms with E-state index in [0.29, 0.717) is 17.5 Å². The monoisotopic (exact) mass is 424 g/mol. The fourth-order valence-electron chi connectivity index (χ4n) is 4.31. The molecule has 8 heteroatoms. The van der Waals surface area contributed by atoms with Gasteiger partial charge in [-0.25, -0.2) is 4.79 Å². The summed E-state index contributed by atoms with van der Waals surface area (Å²) >= 11 is 0. The molecule has 164 valence electrons. The smallest absolute Gasteiger partial charge is 0.341 e. The summed E-state index contributed by atoms with van der Waals surface area (Å²) in [6, 6.07) is 3.73.